The molecule has 1 N–H and O–H groups in total. The summed E-state index contributed by atoms with van der Waals surface area (Å²) in [7, 11) is 0. The van der Waals surface area contributed by atoms with E-state index < -0.39 is 11.9 Å². The SMILES string of the molecule is N#Cc1cccc(CC(C#N)c2ccc(C(=O)O)o2)c1. The van der Waals surface area contributed by atoms with Crippen molar-refractivity contribution in [2.75, 3.05) is 0 Å². The summed E-state index contributed by atoms with van der Waals surface area (Å²) in [5.74, 6) is -1.63. The van der Waals surface area contributed by atoms with Crippen molar-refractivity contribution in [3.8, 4) is 12.1 Å². The van der Waals surface area contributed by atoms with E-state index in [1.807, 2.05) is 12.1 Å². The third-order valence-electron chi connectivity index (χ3n) is 2.83. The molecule has 2 aromatic rings. The van der Waals surface area contributed by atoms with Crippen LogP contribution in [-0.2, 0) is 6.42 Å². The van der Waals surface area contributed by atoms with Gasteiger partial charge in [0, 0.05) is 0 Å². The zero-order valence-corrected chi connectivity index (χ0v) is 10.4. The summed E-state index contributed by atoms with van der Waals surface area (Å²) in [6.45, 7) is 0. The van der Waals surface area contributed by atoms with E-state index in [0.29, 0.717) is 17.7 Å². The second-order valence-corrected chi connectivity index (χ2v) is 4.21. The first-order chi connectivity index (χ1) is 9.63. The van der Waals surface area contributed by atoms with Gasteiger partial charge in [-0.05, 0) is 36.2 Å². The van der Waals surface area contributed by atoms with E-state index in [-0.39, 0.29) is 5.76 Å². The summed E-state index contributed by atoms with van der Waals surface area (Å²) in [4.78, 5) is 10.8. The summed E-state index contributed by atoms with van der Waals surface area (Å²) >= 11 is 0. The van der Waals surface area contributed by atoms with Crippen molar-refractivity contribution >= 4 is 5.97 Å². The number of rotatable bonds is 4. The maximum atomic E-state index is 10.8. The number of nitrogens with zero attached hydrogens (tertiary/aromatic N) is 2. The van der Waals surface area contributed by atoms with Gasteiger partial charge in [0.25, 0.3) is 0 Å². The number of carboxylic acids is 1. The standard InChI is InChI=1S/C15H10N2O3/c16-8-11-3-1-2-10(6-11)7-12(9-17)13-4-5-14(20-13)15(18)19/h1-6,12H,7H2,(H,18,19). The second-order valence-electron chi connectivity index (χ2n) is 4.21. The minimum absolute atomic E-state index is 0.189. The highest BCUT2D eigenvalue weighted by atomic mass is 16.4. The highest BCUT2D eigenvalue weighted by molar-refractivity contribution is 5.84. The minimum atomic E-state index is -1.17. The summed E-state index contributed by atoms with van der Waals surface area (Å²) in [6.07, 6.45) is 0.360. The van der Waals surface area contributed by atoms with Crippen molar-refractivity contribution in [2.24, 2.45) is 0 Å². The maximum absolute atomic E-state index is 10.8. The Labute approximate surface area is 115 Å². The van der Waals surface area contributed by atoms with E-state index in [9.17, 15) is 10.1 Å². The van der Waals surface area contributed by atoms with Crippen LogP contribution in [0, 0.1) is 22.7 Å². The molecule has 1 atom stereocenters. The first-order valence-electron chi connectivity index (χ1n) is 5.85. The van der Waals surface area contributed by atoms with E-state index in [0.717, 1.165) is 5.56 Å². The number of benzene rings is 1. The van der Waals surface area contributed by atoms with Crippen LogP contribution in [0.25, 0.3) is 0 Å². The third kappa shape index (κ3) is 2.85. The summed E-state index contributed by atoms with van der Waals surface area (Å²) < 4.78 is 5.14. The molecular weight excluding hydrogens is 256 g/mol. The van der Waals surface area contributed by atoms with Gasteiger partial charge in [0.05, 0.1) is 17.7 Å². The molecular formula is C15H10N2O3. The zero-order valence-electron chi connectivity index (χ0n) is 10.4. The van der Waals surface area contributed by atoms with Gasteiger partial charge in [0.15, 0.2) is 0 Å². The fraction of sp³-hybridized carbons (Fsp3) is 0.133. The van der Waals surface area contributed by atoms with Crippen LogP contribution in [0.5, 0.6) is 0 Å². The molecule has 0 saturated heterocycles. The van der Waals surface area contributed by atoms with E-state index in [1.54, 1.807) is 18.2 Å². The van der Waals surface area contributed by atoms with Gasteiger partial charge in [-0.15, -0.1) is 0 Å². The van der Waals surface area contributed by atoms with Crippen LogP contribution in [0.4, 0.5) is 0 Å². The fourth-order valence-electron chi connectivity index (χ4n) is 1.87. The predicted molar refractivity (Wildman–Crippen MR) is 68.9 cm³/mol. The Hall–Kier alpha value is -3.05. The molecule has 5 heteroatoms. The van der Waals surface area contributed by atoms with E-state index in [4.69, 9.17) is 14.8 Å². The molecule has 0 aliphatic carbocycles. The zero-order chi connectivity index (χ0) is 14.5. The molecule has 0 aliphatic heterocycles. The third-order valence-corrected chi connectivity index (χ3v) is 2.83. The number of carbonyl (C=O) groups is 1. The van der Waals surface area contributed by atoms with Crippen molar-refractivity contribution in [3.05, 3.63) is 59.0 Å². The molecule has 20 heavy (non-hydrogen) atoms. The Kier molecular flexibility index (Phi) is 3.83. The van der Waals surface area contributed by atoms with E-state index >= 15 is 0 Å². The molecule has 1 aromatic heterocycles. The molecule has 1 unspecified atom stereocenters. The molecule has 0 spiro atoms. The molecule has 5 nitrogen and oxygen atoms in total. The van der Waals surface area contributed by atoms with Crippen LogP contribution >= 0.6 is 0 Å². The van der Waals surface area contributed by atoms with Gasteiger partial charge in [-0.3, -0.25) is 0 Å². The normalized spacial score (nSPS) is 11.3. The van der Waals surface area contributed by atoms with Crippen LogP contribution in [0.2, 0.25) is 0 Å². The Bertz CT molecular complexity index is 719. The van der Waals surface area contributed by atoms with Gasteiger partial charge in [0.1, 0.15) is 11.7 Å². The van der Waals surface area contributed by atoms with Gasteiger partial charge in [-0.1, -0.05) is 12.1 Å². The monoisotopic (exact) mass is 266 g/mol. The summed E-state index contributed by atoms with van der Waals surface area (Å²) in [5.41, 5.74) is 1.34. The van der Waals surface area contributed by atoms with Crippen LogP contribution in [0.15, 0.2) is 40.8 Å². The lowest BCUT2D eigenvalue weighted by Crippen LogP contribution is -2.00. The van der Waals surface area contributed by atoms with Crippen molar-refractivity contribution in [2.45, 2.75) is 12.3 Å². The van der Waals surface area contributed by atoms with Crippen LogP contribution in [0.1, 0.15) is 33.4 Å². The van der Waals surface area contributed by atoms with Crippen LogP contribution < -0.4 is 0 Å². The fourth-order valence-corrected chi connectivity index (χ4v) is 1.87. The van der Waals surface area contributed by atoms with Gasteiger partial charge >= 0.3 is 5.97 Å². The van der Waals surface area contributed by atoms with Crippen molar-refractivity contribution in [3.63, 3.8) is 0 Å². The lowest BCUT2D eigenvalue weighted by Gasteiger charge is -2.06. The summed E-state index contributed by atoms with van der Waals surface area (Å²) in [5, 5.41) is 26.8. The average molecular weight is 266 g/mol. The number of hydrogen-bond acceptors (Lipinski definition) is 4. The van der Waals surface area contributed by atoms with Crippen LogP contribution in [0.3, 0.4) is 0 Å². The van der Waals surface area contributed by atoms with Crippen molar-refractivity contribution in [1.29, 1.82) is 10.5 Å². The second kappa shape index (κ2) is 5.73. The smallest absolute Gasteiger partial charge is 0.371 e. The Morgan fingerprint density at radius 1 is 1.30 bits per heavy atom. The summed E-state index contributed by atoms with van der Waals surface area (Å²) in [6, 6.07) is 13.9. The van der Waals surface area contributed by atoms with E-state index in [1.165, 1.54) is 12.1 Å². The van der Waals surface area contributed by atoms with Crippen molar-refractivity contribution < 1.29 is 14.3 Å². The molecule has 0 aliphatic rings. The largest absolute Gasteiger partial charge is 0.475 e. The molecule has 1 heterocycles. The Balaban J connectivity index is 2.22. The van der Waals surface area contributed by atoms with Crippen molar-refractivity contribution in [1.82, 2.24) is 0 Å². The molecule has 98 valence electrons. The molecule has 1 aromatic carbocycles. The lowest BCUT2D eigenvalue weighted by atomic mass is 9.97. The Morgan fingerprint density at radius 2 is 2.10 bits per heavy atom. The molecule has 0 saturated carbocycles. The topological polar surface area (TPSA) is 98.0 Å². The first-order valence-corrected chi connectivity index (χ1v) is 5.85. The molecule has 0 amide bonds. The highest BCUT2D eigenvalue weighted by Crippen LogP contribution is 2.23. The molecule has 0 fully saturated rings. The maximum Gasteiger partial charge on any atom is 0.371 e. The molecule has 2 rings (SSSR count). The molecule has 0 bridgehead atoms. The van der Waals surface area contributed by atoms with Gasteiger partial charge in [-0.25, -0.2) is 4.79 Å². The van der Waals surface area contributed by atoms with Gasteiger partial charge in [-0.2, -0.15) is 10.5 Å². The Morgan fingerprint density at radius 3 is 2.70 bits per heavy atom. The van der Waals surface area contributed by atoms with Crippen LogP contribution in [-0.4, -0.2) is 11.1 Å². The quantitative estimate of drug-likeness (QED) is 0.917. The first kappa shape index (κ1) is 13.4. The molecule has 0 radical (unpaired) electrons. The average Bonchev–Trinajstić information content (AvgIpc) is 2.95. The lowest BCUT2D eigenvalue weighted by molar-refractivity contribution is 0.0660. The minimum Gasteiger partial charge on any atom is -0.475 e. The number of hydrogen-bond donors (Lipinski definition) is 1. The van der Waals surface area contributed by atoms with Gasteiger partial charge in [0.2, 0.25) is 5.76 Å². The number of nitriles is 2. The van der Waals surface area contributed by atoms with E-state index in [2.05, 4.69) is 6.07 Å². The highest BCUT2D eigenvalue weighted by Gasteiger charge is 2.18. The van der Waals surface area contributed by atoms with Gasteiger partial charge < -0.3 is 9.52 Å². The number of carboxylic acid groups (broad SMARTS) is 1. The number of aromatic carboxylic acids is 1. The number of furan rings is 1. The predicted octanol–water partition coefficient (Wildman–Crippen LogP) is 2.70.